The van der Waals surface area contributed by atoms with Gasteiger partial charge in [0.15, 0.2) is 0 Å². The Labute approximate surface area is 118 Å². The minimum absolute atomic E-state index is 0.105. The fourth-order valence-electron chi connectivity index (χ4n) is 1.88. The topological polar surface area (TPSA) is 88.4 Å². The van der Waals surface area contributed by atoms with Gasteiger partial charge in [-0.1, -0.05) is 0 Å². The number of likely N-dealkylation sites (N-methyl/N-ethyl adjacent to an activating group) is 1. The first kappa shape index (κ1) is 15.9. The highest BCUT2D eigenvalue weighted by atomic mass is 16.6. The van der Waals surface area contributed by atoms with Crippen molar-refractivity contribution >= 4 is 17.4 Å². The van der Waals surface area contributed by atoms with Gasteiger partial charge in [-0.05, 0) is 33.3 Å². The minimum Gasteiger partial charge on any atom is -0.353 e. The number of pyridine rings is 1. The molecule has 1 unspecified atom stereocenters. The van der Waals surface area contributed by atoms with Gasteiger partial charge in [-0.2, -0.15) is 0 Å². The number of rotatable bonds is 6. The molecule has 0 aliphatic carbocycles. The van der Waals surface area contributed by atoms with Crippen LogP contribution < -0.4 is 5.32 Å². The van der Waals surface area contributed by atoms with Crippen molar-refractivity contribution in [2.45, 2.75) is 33.7 Å². The molecule has 20 heavy (non-hydrogen) atoms. The summed E-state index contributed by atoms with van der Waals surface area (Å²) in [7, 11) is 0. The van der Waals surface area contributed by atoms with Crippen LogP contribution in [-0.2, 0) is 4.79 Å². The highest BCUT2D eigenvalue weighted by molar-refractivity contribution is 5.84. The lowest BCUT2D eigenvalue weighted by Gasteiger charge is -2.23. The first-order valence-corrected chi connectivity index (χ1v) is 6.57. The van der Waals surface area contributed by atoms with E-state index >= 15 is 0 Å². The van der Waals surface area contributed by atoms with Crippen molar-refractivity contribution in [1.29, 1.82) is 0 Å². The van der Waals surface area contributed by atoms with Crippen LogP contribution in [0.5, 0.6) is 0 Å². The van der Waals surface area contributed by atoms with E-state index in [-0.39, 0.29) is 17.4 Å². The zero-order valence-corrected chi connectivity index (χ0v) is 12.2. The van der Waals surface area contributed by atoms with Gasteiger partial charge in [0.1, 0.15) is 6.04 Å². The molecular weight excluding hydrogens is 260 g/mol. The zero-order valence-electron chi connectivity index (χ0n) is 12.2. The van der Waals surface area contributed by atoms with Crippen LogP contribution >= 0.6 is 0 Å². The Morgan fingerprint density at radius 1 is 1.50 bits per heavy atom. The van der Waals surface area contributed by atoms with Gasteiger partial charge in [-0.3, -0.25) is 14.9 Å². The van der Waals surface area contributed by atoms with E-state index in [1.54, 1.807) is 18.7 Å². The summed E-state index contributed by atoms with van der Waals surface area (Å²) in [5.74, 6) is 0.0141. The molecule has 0 fully saturated rings. The maximum Gasteiger partial charge on any atom is 0.311 e. The van der Waals surface area contributed by atoms with E-state index < -0.39 is 11.0 Å². The predicted octanol–water partition coefficient (Wildman–Crippen LogP) is 1.97. The van der Waals surface area contributed by atoms with Crippen molar-refractivity contribution in [1.82, 2.24) is 9.88 Å². The number of amides is 1. The quantitative estimate of drug-likeness (QED) is 0.635. The second kappa shape index (κ2) is 6.83. The fourth-order valence-corrected chi connectivity index (χ4v) is 1.88. The lowest BCUT2D eigenvalue weighted by atomic mass is 10.2. The number of aryl methyl sites for hydroxylation is 1. The van der Waals surface area contributed by atoms with Gasteiger partial charge in [0.2, 0.25) is 11.7 Å². The number of aromatic nitrogens is 1. The van der Waals surface area contributed by atoms with Crippen LogP contribution in [0.15, 0.2) is 12.3 Å². The molecule has 1 aromatic heterocycles. The van der Waals surface area contributed by atoms with Gasteiger partial charge in [0, 0.05) is 25.4 Å². The molecule has 1 N–H and O–H groups in total. The van der Waals surface area contributed by atoms with Crippen LogP contribution in [0, 0.1) is 17.0 Å². The second-order valence-electron chi connectivity index (χ2n) is 4.51. The van der Waals surface area contributed by atoms with E-state index in [1.165, 1.54) is 12.3 Å². The van der Waals surface area contributed by atoms with E-state index in [4.69, 9.17) is 0 Å². The molecule has 0 bridgehead atoms. The SMILES string of the molecule is CCN(CC)C(=O)C(C)Nc1ncc(C)cc1[N+](=O)[O-]. The Balaban J connectivity index is 2.93. The van der Waals surface area contributed by atoms with Gasteiger partial charge >= 0.3 is 5.69 Å². The molecule has 7 heteroatoms. The van der Waals surface area contributed by atoms with E-state index in [9.17, 15) is 14.9 Å². The second-order valence-corrected chi connectivity index (χ2v) is 4.51. The lowest BCUT2D eigenvalue weighted by Crippen LogP contribution is -2.41. The monoisotopic (exact) mass is 280 g/mol. The summed E-state index contributed by atoms with van der Waals surface area (Å²) in [6.07, 6.45) is 1.53. The van der Waals surface area contributed by atoms with Crippen molar-refractivity contribution in [3.63, 3.8) is 0 Å². The highest BCUT2D eigenvalue weighted by Crippen LogP contribution is 2.23. The molecule has 1 rings (SSSR count). The summed E-state index contributed by atoms with van der Waals surface area (Å²) in [6, 6.07) is 0.869. The molecule has 1 heterocycles. The number of carbonyl (C=O) groups excluding carboxylic acids is 1. The normalized spacial score (nSPS) is 11.8. The van der Waals surface area contributed by atoms with E-state index in [1.807, 2.05) is 13.8 Å². The average Bonchev–Trinajstić information content (AvgIpc) is 2.41. The first-order chi connectivity index (χ1) is 9.40. The lowest BCUT2D eigenvalue weighted by molar-refractivity contribution is -0.384. The maximum absolute atomic E-state index is 12.1. The number of hydrogen-bond acceptors (Lipinski definition) is 5. The molecule has 0 saturated heterocycles. The fraction of sp³-hybridized carbons (Fsp3) is 0.538. The Kier molecular flexibility index (Phi) is 5.42. The van der Waals surface area contributed by atoms with Crippen molar-refractivity contribution in [3.05, 3.63) is 27.9 Å². The maximum atomic E-state index is 12.1. The molecule has 1 aromatic rings. The molecule has 0 aliphatic rings. The third-order valence-corrected chi connectivity index (χ3v) is 3.00. The predicted molar refractivity (Wildman–Crippen MR) is 76.6 cm³/mol. The van der Waals surface area contributed by atoms with Gasteiger partial charge in [0.05, 0.1) is 4.92 Å². The molecule has 1 atom stereocenters. The van der Waals surface area contributed by atoms with Crippen LogP contribution in [0.25, 0.3) is 0 Å². The third-order valence-electron chi connectivity index (χ3n) is 3.00. The van der Waals surface area contributed by atoms with Gasteiger partial charge in [-0.25, -0.2) is 4.98 Å². The summed E-state index contributed by atoms with van der Waals surface area (Å²) in [5, 5.41) is 13.8. The Morgan fingerprint density at radius 3 is 2.60 bits per heavy atom. The van der Waals surface area contributed by atoms with E-state index in [0.29, 0.717) is 18.7 Å². The third kappa shape index (κ3) is 3.66. The number of nitrogens with one attached hydrogen (secondary N) is 1. The zero-order chi connectivity index (χ0) is 15.3. The first-order valence-electron chi connectivity index (χ1n) is 6.57. The standard InChI is InChI=1S/C13H20N4O3/c1-5-16(6-2)13(18)10(4)15-12-11(17(19)20)7-9(3)8-14-12/h7-8,10H,5-6H2,1-4H3,(H,14,15). The number of anilines is 1. The molecule has 7 nitrogen and oxygen atoms in total. The molecule has 0 radical (unpaired) electrons. The Morgan fingerprint density at radius 2 is 2.10 bits per heavy atom. The number of hydrogen-bond donors (Lipinski definition) is 1. The number of carbonyl (C=O) groups is 1. The molecule has 0 aliphatic heterocycles. The summed E-state index contributed by atoms with van der Waals surface area (Å²) in [5.41, 5.74) is 0.578. The van der Waals surface area contributed by atoms with Crippen molar-refractivity contribution in [3.8, 4) is 0 Å². The van der Waals surface area contributed by atoms with Gasteiger partial charge in [0.25, 0.3) is 0 Å². The summed E-state index contributed by atoms with van der Waals surface area (Å²) in [6.45, 7) is 8.39. The summed E-state index contributed by atoms with van der Waals surface area (Å²) < 4.78 is 0. The summed E-state index contributed by atoms with van der Waals surface area (Å²) in [4.78, 5) is 28.3. The van der Waals surface area contributed by atoms with Crippen LogP contribution in [0.3, 0.4) is 0 Å². The molecule has 1 amide bonds. The van der Waals surface area contributed by atoms with Gasteiger partial charge < -0.3 is 10.2 Å². The van der Waals surface area contributed by atoms with Gasteiger partial charge in [-0.15, -0.1) is 0 Å². The molecule has 0 saturated carbocycles. The van der Waals surface area contributed by atoms with Crippen LogP contribution in [0.1, 0.15) is 26.3 Å². The van der Waals surface area contributed by atoms with E-state index in [0.717, 1.165) is 0 Å². The van der Waals surface area contributed by atoms with Crippen LogP contribution in [0.2, 0.25) is 0 Å². The van der Waals surface area contributed by atoms with Crippen molar-refractivity contribution in [2.24, 2.45) is 0 Å². The van der Waals surface area contributed by atoms with Crippen molar-refractivity contribution < 1.29 is 9.72 Å². The molecule has 0 aromatic carbocycles. The van der Waals surface area contributed by atoms with Crippen LogP contribution in [-0.4, -0.2) is 39.8 Å². The molecule has 0 spiro atoms. The van der Waals surface area contributed by atoms with E-state index in [2.05, 4.69) is 10.3 Å². The highest BCUT2D eigenvalue weighted by Gasteiger charge is 2.22. The average molecular weight is 280 g/mol. The largest absolute Gasteiger partial charge is 0.353 e. The Bertz CT molecular complexity index is 500. The molecular formula is C13H20N4O3. The number of nitrogens with zero attached hydrogens (tertiary/aromatic N) is 3. The summed E-state index contributed by atoms with van der Waals surface area (Å²) >= 11 is 0. The minimum atomic E-state index is -0.566. The van der Waals surface area contributed by atoms with Crippen molar-refractivity contribution in [2.75, 3.05) is 18.4 Å². The smallest absolute Gasteiger partial charge is 0.311 e. The Hall–Kier alpha value is -2.18. The number of nitro groups is 1. The molecule has 110 valence electrons. The van der Waals surface area contributed by atoms with Crippen LogP contribution in [0.4, 0.5) is 11.5 Å².